The lowest BCUT2D eigenvalue weighted by molar-refractivity contribution is 0.194. The summed E-state index contributed by atoms with van der Waals surface area (Å²) in [4.78, 5) is 2.01. The number of hydrogen-bond donors (Lipinski definition) is 1. The monoisotopic (exact) mass is 273 g/mol. The van der Waals surface area contributed by atoms with E-state index in [2.05, 4.69) is 6.07 Å². The molecule has 0 aliphatic rings. The number of aliphatic hydroxyl groups is 1. The smallest absolute Gasteiger partial charge is 0.131 e. The van der Waals surface area contributed by atoms with E-state index in [0.29, 0.717) is 17.8 Å². The second-order valence-electron chi connectivity index (χ2n) is 4.93. The molecule has 0 bridgehead atoms. The van der Waals surface area contributed by atoms with Gasteiger partial charge in [-0.3, -0.25) is 0 Å². The topological polar surface area (TPSA) is 23.5 Å². The number of anilines is 2. The molecule has 2 nitrogen and oxygen atoms in total. The zero-order valence-corrected chi connectivity index (χ0v) is 12.1. The Bertz CT molecular complexity index is 595. The molecule has 0 heterocycles. The summed E-state index contributed by atoms with van der Waals surface area (Å²) in [5.74, 6) is -0.372. The molecule has 20 heavy (non-hydrogen) atoms. The van der Waals surface area contributed by atoms with Gasteiger partial charge in [0.25, 0.3) is 0 Å². The molecule has 0 radical (unpaired) electrons. The van der Waals surface area contributed by atoms with E-state index in [4.69, 9.17) is 0 Å². The molecular formula is C17H20FNO. The average Bonchev–Trinajstić information content (AvgIpc) is 2.39. The third-order valence-electron chi connectivity index (χ3n) is 3.37. The van der Waals surface area contributed by atoms with Gasteiger partial charge in [0.2, 0.25) is 0 Å². The molecule has 106 valence electrons. The van der Waals surface area contributed by atoms with Crippen molar-refractivity contribution in [2.45, 2.75) is 26.9 Å². The lowest BCUT2D eigenvalue weighted by Crippen LogP contribution is -2.19. The third-order valence-corrected chi connectivity index (χ3v) is 3.37. The SMILES string of the molecule is CCN(c1cccc(C)c1)c1cccc(F)c1C(C)O. The summed E-state index contributed by atoms with van der Waals surface area (Å²) in [6.07, 6.45) is -0.843. The van der Waals surface area contributed by atoms with E-state index < -0.39 is 6.10 Å². The van der Waals surface area contributed by atoms with Crippen LogP contribution in [0.25, 0.3) is 0 Å². The van der Waals surface area contributed by atoms with Crippen LogP contribution in [-0.4, -0.2) is 11.7 Å². The van der Waals surface area contributed by atoms with Crippen molar-refractivity contribution in [3.05, 3.63) is 59.4 Å². The van der Waals surface area contributed by atoms with Gasteiger partial charge in [-0.2, -0.15) is 0 Å². The zero-order valence-electron chi connectivity index (χ0n) is 12.1. The molecule has 0 amide bonds. The Morgan fingerprint density at radius 3 is 2.50 bits per heavy atom. The van der Waals surface area contributed by atoms with Crippen LogP contribution in [0.15, 0.2) is 42.5 Å². The van der Waals surface area contributed by atoms with E-state index >= 15 is 0 Å². The van der Waals surface area contributed by atoms with Crippen LogP contribution in [0.2, 0.25) is 0 Å². The van der Waals surface area contributed by atoms with Gasteiger partial charge < -0.3 is 10.0 Å². The minimum absolute atomic E-state index is 0.343. The minimum atomic E-state index is -0.843. The molecule has 2 rings (SSSR count). The number of aryl methyl sites for hydroxylation is 1. The predicted octanol–water partition coefficient (Wildman–Crippen LogP) is 4.35. The maximum absolute atomic E-state index is 14.0. The fourth-order valence-corrected chi connectivity index (χ4v) is 2.46. The Morgan fingerprint density at radius 1 is 1.20 bits per heavy atom. The number of rotatable bonds is 4. The molecule has 3 heteroatoms. The number of aliphatic hydroxyl groups excluding tert-OH is 1. The molecule has 2 aromatic rings. The van der Waals surface area contributed by atoms with Crippen molar-refractivity contribution in [1.29, 1.82) is 0 Å². The molecule has 2 aromatic carbocycles. The molecule has 0 aliphatic carbocycles. The normalized spacial score (nSPS) is 12.2. The van der Waals surface area contributed by atoms with Gasteiger partial charge in [0.15, 0.2) is 0 Å². The highest BCUT2D eigenvalue weighted by Crippen LogP contribution is 2.33. The van der Waals surface area contributed by atoms with Gasteiger partial charge in [-0.25, -0.2) is 4.39 Å². The molecule has 0 spiro atoms. The van der Waals surface area contributed by atoms with Crippen molar-refractivity contribution < 1.29 is 9.50 Å². The van der Waals surface area contributed by atoms with Crippen LogP contribution >= 0.6 is 0 Å². The summed E-state index contributed by atoms with van der Waals surface area (Å²) in [7, 11) is 0. The Hall–Kier alpha value is -1.87. The van der Waals surface area contributed by atoms with Crippen molar-refractivity contribution >= 4 is 11.4 Å². The van der Waals surface area contributed by atoms with Crippen LogP contribution < -0.4 is 4.90 Å². The second kappa shape index (κ2) is 6.06. The van der Waals surface area contributed by atoms with Gasteiger partial charge in [0.05, 0.1) is 6.10 Å². The van der Waals surface area contributed by atoms with Crippen molar-refractivity contribution in [2.24, 2.45) is 0 Å². The quantitative estimate of drug-likeness (QED) is 0.895. The highest BCUT2D eigenvalue weighted by molar-refractivity contribution is 5.67. The molecule has 0 saturated heterocycles. The molecule has 0 aliphatic heterocycles. The Balaban J connectivity index is 2.55. The minimum Gasteiger partial charge on any atom is -0.389 e. The van der Waals surface area contributed by atoms with Crippen LogP contribution in [0.5, 0.6) is 0 Å². The maximum Gasteiger partial charge on any atom is 0.131 e. The van der Waals surface area contributed by atoms with Crippen LogP contribution in [0.3, 0.4) is 0 Å². The molecular weight excluding hydrogens is 253 g/mol. The highest BCUT2D eigenvalue weighted by Gasteiger charge is 2.18. The summed E-state index contributed by atoms with van der Waals surface area (Å²) in [5.41, 5.74) is 3.21. The summed E-state index contributed by atoms with van der Waals surface area (Å²) in [6, 6.07) is 13.0. The first kappa shape index (κ1) is 14.5. The summed E-state index contributed by atoms with van der Waals surface area (Å²) in [6.45, 7) is 6.33. The first-order valence-electron chi connectivity index (χ1n) is 6.85. The van der Waals surface area contributed by atoms with Gasteiger partial charge in [0, 0.05) is 23.5 Å². The number of benzene rings is 2. The largest absolute Gasteiger partial charge is 0.389 e. The molecule has 0 fully saturated rings. The third kappa shape index (κ3) is 2.83. The first-order valence-corrected chi connectivity index (χ1v) is 6.85. The van der Waals surface area contributed by atoms with Gasteiger partial charge >= 0.3 is 0 Å². The van der Waals surface area contributed by atoms with E-state index in [-0.39, 0.29) is 5.82 Å². The first-order chi connectivity index (χ1) is 9.54. The lowest BCUT2D eigenvalue weighted by atomic mass is 10.1. The lowest BCUT2D eigenvalue weighted by Gasteiger charge is -2.27. The fourth-order valence-electron chi connectivity index (χ4n) is 2.46. The number of halogens is 1. The fraction of sp³-hybridized carbons (Fsp3) is 0.294. The van der Waals surface area contributed by atoms with Crippen LogP contribution in [0.4, 0.5) is 15.8 Å². The Kier molecular flexibility index (Phi) is 4.40. The average molecular weight is 273 g/mol. The molecule has 0 aromatic heterocycles. The van der Waals surface area contributed by atoms with Crippen LogP contribution in [0, 0.1) is 12.7 Å². The number of hydrogen-bond acceptors (Lipinski definition) is 2. The maximum atomic E-state index is 14.0. The predicted molar refractivity (Wildman–Crippen MR) is 80.9 cm³/mol. The van der Waals surface area contributed by atoms with E-state index in [1.807, 2.05) is 43.0 Å². The Labute approximate surface area is 119 Å². The Morgan fingerprint density at radius 2 is 1.90 bits per heavy atom. The van der Waals surface area contributed by atoms with Crippen molar-refractivity contribution in [3.63, 3.8) is 0 Å². The van der Waals surface area contributed by atoms with Gasteiger partial charge in [-0.1, -0.05) is 18.2 Å². The molecule has 1 unspecified atom stereocenters. The molecule has 1 atom stereocenters. The van der Waals surface area contributed by atoms with Crippen molar-refractivity contribution in [1.82, 2.24) is 0 Å². The van der Waals surface area contributed by atoms with Gasteiger partial charge in [-0.05, 0) is 50.6 Å². The van der Waals surface area contributed by atoms with Crippen molar-refractivity contribution in [3.8, 4) is 0 Å². The zero-order chi connectivity index (χ0) is 14.7. The van der Waals surface area contributed by atoms with E-state index in [1.54, 1.807) is 13.0 Å². The highest BCUT2D eigenvalue weighted by atomic mass is 19.1. The van der Waals surface area contributed by atoms with E-state index in [1.165, 1.54) is 6.07 Å². The van der Waals surface area contributed by atoms with Crippen molar-refractivity contribution in [2.75, 3.05) is 11.4 Å². The second-order valence-corrected chi connectivity index (χ2v) is 4.93. The molecule has 0 saturated carbocycles. The van der Waals surface area contributed by atoms with E-state index in [0.717, 1.165) is 11.3 Å². The van der Waals surface area contributed by atoms with Crippen LogP contribution in [-0.2, 0) is 0 Å². The van der Waals surface area contributed by atoms with Gasteiger partial charge in [-0.15, -0.1) is 0 Å². The summed E-state index contributed by atoms with van der Waals surface area (Å²) >= 11 is 0. The summed E-state index contributed by atoms with van der Waals surface area (Å²) < 4.78 is 14.0. The number of nitrogens with zero attached hydrogens (tertiary/aromatic N) is 1. The van der Waals surface area contributed by atoms with Crippen LogP contribution in [0.1, 0.15) is 31.1 Å². The van der Waals surface area contributed by atoms with Gasteiger partial charge in [0.1, 0.15) is 5.82 Å². The standard InChI is InChI=1S/C17H20FNO/c1-4-19(14-8-5-7-12(2)11-14)16-10-6-9-15(18)17(16)13(3)20/h5-11,13,20H,4H2,1-3H3. The van der Waals surface area contributed by atoms with E-state index in [9.17, 15) is 9.50 Å². The summed E-state index contributed by atoms with van der Waals surface area (Å²) in [5, 5.41) is 9.86. The molecule has 1 N–H and O–H groups in total.